The van der Waals surface area contributed by atoms with Gasteiger partial charge in [-0.15, -0.1) is 0 Å². The number of amides is 1. The zero-order valence-corrected chi connectivity index (χ0v) is 13.4. The van der Waals surface area contributed by atoms with Crippen molar-refractivity contribution in [2.75, 3.05) is 32.7 Å². The van der Waals surface area contributed by atoms with Crippen molar-refractivity contribution in [3.63, 3.8) is 0 Å². The molecular weight excluding hydrogens is 276 g/mol. The first kappa shape index (κ1) is 18.3. The molecule has 0 aromatic rings. The molecule has 1 amide bonds. The van der Waals surface area contributed by atoms with E-state index in [-0.39, 0.29) is 24.5 Å². The molecule has 1 aliphatic heterocycles. The zero-order chi connectivity index (χ0) is 15.8. The lowest BCUT2D eigenvalue weighted by atomic mass is 10.0. The lowest BCUT2D eigenvalue weighted by molar-refractivity contribution is -0.127. The van der Waals surface area contributed by atoms with E-state index in [0.717, 1.165) is 32.4 Å². The standard InChI is InChI=1S/C15H29F2N3O/c1-4-13(20(5-2)6-3)15(21)18-12-7-9-19(10-8-12)11-14(16)17/h12-14H,4-11H2,1-3H3,(H,18,21). The van der Waals surface area contributed by atoms with Crippen molar-refractivity contribution >= 4 is 5.91 Å². The molecule has 1 atom stereocenters. The number of hydrogen-bond acceptors (Lipinski definition) is 3. The summed E-state index contributed by atoms with van der Waals surface area (Å²) in [7, 11) is 0. The number of alkyl halides is 2. The van der Waals surface area contributed by atoms with E-state index in [1.165, 1.54) is 0 Å². The number of piperidine rings is 1. The van der Waals surface area contributed by atoms with Gasteiger partial charge in [0.1, 0.15) is 0 Å². The van der Waals surface area contributed by atoms with Crippen LogP contribution in [0.1, 0.15) is 40.0 Å². The van der Waals surface area contributed by atoms with E-state index in [1.807, 2.05) is 6.92 Å². The van der Waals surface area contributed by atoms with Crippen LogP contribution in [0.4, 0.5) is 8.78 Å². The second kappa shape index (κ2) is 9.30. The van der Waals surface area contributed by atoms with Crippen LogP contribution < -0.4 is 5.32 Å². The Labute approximate surface area is 126 Å². The molecule has 1 N–H and O–H groups in total. The summed E-state index contributed by atoms with van der Waals surface area (Å²) in [6, 6.07) is 0.0372. The summed E-state index contributed by atoms with van der Waals surface area (Å²) in [5, 5.41) is 3.10. The summed E-state index contributed by atoms with van der Waals surface area (Å²) in [6.45, 7) is 8.97. The highest BCUT2D eigenvalue weighted by Crippen LogP contribution is 2.13. The molecule has 0 aromatic heterocycles. The number of likely N-dealkylation sites (N-methyl/N-ethyl adjacent to an activating group) is 1. The monoisotopic (exact) mass is 305 g/mol. The summed E-state index contributed by atoms with van der Waals surface area (Å²) < 4.78 is 24.7. The molecule has 1 rings (SSSR count). The van der Waals surface area contributed by atoms with Crippen LogP contribution in [0.5, 0.6) is 0 Å². The van der Waals surface area contributed by atoms with Gasteiger partial charge in [-0.2, -0.15) is 0 Å². The average molecular weight is 305 g/mol. The van der Waals surface area contributed by atoms with Crippen molar-refractivity contribution in [3.8, 4) is 0 Å². The fourth-order valence-electron chi connectivity index (χ4n) is 3.03. The third-order valence-electron chi connectivity index (χ3n) is 4.27. The van der Waals surface area contributed by atoms with Crippen LogP contribution >= 0.6 is 0 Å². The summed E-state index contributed by atoms with van der Waals surface area (Å²) >= 11 is 0. The van der Waals surface area contributed by atoms with Crippen LogP contribution in [0.2, 0.25) is 0 Å². The van der Waals surface area contributed by atoms with Crippen molar-refractivity contribution in [1.82, 2.24) is 15.1 Å². The van der Waals surface area contributed by atoms with Gasteiger partial charge < -0.3 is 5.32 Å². The number of rotatable bonds is 8. The van der Waals surface area contributed by atoms with Crippen LogP contribution in [-0.4, -0.2) is 66.9 Å². The predicted octanol–water partition coefficient (Wildman–Crippen LogP) is 1.95. The van der Waals surface area contributed by atoms with Crippen molar-refractivity contribution in [2.45, 2.75) is 58.5 Å². The van der Waals surface area contributed by atoms with Crippen molar-refractivity contribution in [2.24, 2.45) is 0 Å². The molecule has 124 valence electrons. The first-order valence-corrected chi connectivity index (χ1v) is 8.06. The van der Waals surface area contributed by atoms with E-state index in [1.54, 1.807) is 4.90 Å². The van der Waals surface area contributed by atoms with Crippen LogP contribution in [0.3, 0.4) is 0 Å². The number of halogens is 2. The number of hydrogen-bond donors (Lipinski definition) is 1. The molecular formula is C15H29F2N3O. The minimum absolute atomic E-state index is 0.0773. The van der Waals surface area contributed by atoms with Gasteiger partial charge in [-0.1, -0.05) is 20.8 Å². The lowest BCUT2D eigenvalue weighted by Gasteiger charge is -2.34. The van der Waals surface area contributed by atoms with Crippen LogP contribution in [0.25, 0.3) is 0 Å². The van der Waals surface area contributed by atoms with Gasteiger partial charge in [0.05, 0.1) is 12.6 Å². The first-order valence-electron chi connectivity index (χ1n) is 8.06. The van der Waals surface area contributed by atoms with Gasteiger partial charge in [-0.05, 0) is 32.4 Å². The minimum Gasteiger partial charge on any atom is -0.352 e. The van der Waals surface area contributed by atoms with E-state index in [2.05, 4.69) is 24.1 Å². The maximum absolute atomic E-state index is 12.4. The Morgan fingerprint density at radius 3 is 2.24 bits per heavy atom. The number of nitrogens with zero attached hydrogens (tertiary/aromatic N) is 2. The van der Waals surface area contributed by atoms with E-state index in [0.29, 0.717) is 13.1 Å². The van der Waals surface area contributed by atoms with Gasteiger partial charge in [-0.25, -0.2) is 8.78 Å². The summed E-state index contributed by atoms with van der Waals surface area (Å²) in [4.78, 5) is 16.3. The molecule has 0 radical (unpaired) electrons. The smallest absolute Gasteiger partial charge is 0.251 e. The number of carbonyl (C=O) groups is 1. The first-order chi connectivity index (χ1) is 10.0. The highest BCUT2D eigenvalue weighted by atomic mass is 19.3. The van der Waals surface area contributed by atoms with Crippen molar-refractivity contribution in [3.05, 3.63) is 0 Å². The Balaban J connectivity index is 2.41. The molecule has 0 aliphatic carbocycles. The predicted molar refractivity (Wildman–Crippen MR) is 80.6 cm³/mol. The molecule has 6 heteroatoms. The zero-order valence-electron chi connectivity index (χ0n) is 13.4. The van der Waals surface area contributed by atoms with Gasteiger partial charge in [0.2, 0.25) is 5.91 Å². The SMILES string of the molecule is CCC(C(=O)NC1CCN(CC(F)F)CC1)N(CC)CC. The van der Waals surface area contributed by atoms with Crippen molar-refractivity contribution < 1.29 is 13.6 Å². The van der Waals surface area contributed by atoms with Crippen molar-refractivity contribution in [1.29, 1.82) is 0 Å². The van der Waals surface area contributed by atoms with Gasteiger partial charge in [0.15, 0.2) is 0 Å². The Morgan fingerprint density at radius 1 is 1.24 bits per heavy atom. The maximum Gasteiger partial charge on any atom is 0.251 e. The molecule has 1 saturated heterocycles. The van der Waals surface area contributed by atoms with E-state index in [9.17, 15) is 13.6 Å². The molecule has 0 saturated carbocycles. The van der Waals surface area contributed by atoms with E-state index < -0.39 is 6.43 Å². The fraction of sp³-hybridized carbons (Fsp3) is 0.933. The number of likely N-dealkylation sites (tertiary alicyclic amines) is 1. The third-order valence-corrected chi connectivity index (χ3v) is 4.27. The topological polar surface area (TPSA) is 35.6 Å². The van der Waals surface area contributed by atoms with Crippen LogP contribution in [-0.2, 0) is 4.79 Å². The molecule has 1 aliphatic rings. The molecule has 0 bridgehead atoms. The molecule has 21 heavy (non-hydrogen) atoms. The molecule has 1 fully saturated rings. The van der Waals surface area contributed by atoms with Crippen LogP contribution in [0, 0.1) is 0 Å². The minimum atomic E-state index is -2.27. The molecule has 0 spiro atoms. The Kier molecular flexibility index (Phi) is 8.11. The molecule has 4 nitrogen and oxygen atoms in total. The van der Waals surface area contributed by atoms with Gasteiger partial charge in [-0.3, -0.25) is 14.6 Å². The highest BCUT2D eigenvalue weighted by Gasteiger charge is 2.27. The maximum atomic E-state index is 12.4. The Morgan fingerprint density at radius 2 is 1.81 bits per heavy atom. The van der Waals surface area contributed by atoms with Gasteiger partial charge >= 0.3 is 0 Å². The summed E-state index contributed by atoms with van der Waals surface area (Å²) in [5.74, 6) is 0.0773. The largest absolute Gasteiger partial charge is 0.352 e. The second-order valence-electron chi connectivity index (χ2n) is 5.62. The summed E-state index contributed by atoms with van der Waals surface area (Å²) in [5.41, 5.74) is 0. The summed E-state index contributed by atoms with van der Waals surface area (Å²) in [6.07, 6.45) is 0.0289. The Bertz CT molecular complexity index is 303. The molecule has 0 aromatic carbocycles. The average Bonchev–Trinajstić information content (AvgIpc) is 2.45. The second-order valence-corrected chi connectivity index (χ2v) is 5.62. The van der Waals surface area contributed by atoms with Gasteiger partial charge in [0.25, 0.3) is 6.43 Å². The molecule has 1 unspecified atom stereocenters. The quantitative estimate of drug-likeness (QED) is 0.744. The van der Waals surface area contributed by atoms with Gasteiger partial charge in [0, 0.05) is 19.1 Å². The fourth-order valence-corrected chi connectivity index (χ4v) is 3.03. The lowest BCUT2D eigenvalue weighted by Crippen LogP contribution is -2.52. The van der Waals surface area contributed by atoms with E-state index in [4.69, 9.17) is 0 Å². The van der Waals surface area contributed by atoms with E-state index >= 15 is 0 Å². The Hall–Kier alpha value is -0.750. The van der Waals surface area contributed by atoms with Crippen LogP contribution in [0.15, 0.2) is 0 Å². The third kappa shape index (κ3) is 5.87. The highest BCUT2D eigenvalue weighted by molar-refractivity contribution is 5.82. The molecule has 1 heterocycles. The normalized spacial score (nSPS) is 19.2. The number of carbonyl (C=O) groups excluding carboxylic acids is 1. The number of nitrogens with one attached hydrogen (secondary N) is 1.